The third-order valence-electron chi connectivity index (χ3n) is 4.89. The second kappa shape index (κ2) is 5.97. The Bertz CT molecular complexity index is 815. The van der Waals surface area contributed by atoms with E-state index in [-0.39, 0.29) is 12.0 Å². The van der Waals surface area contributed by atoms with Gasteiger partial charge in [-0.3, -0.25) is 0 Å². The average Bonchev–Trinajstić information content (AvgIpc) is 2.97. The van der Waals surface area contributed by atoms with Crippen LogP contribution in [0.1, 0.15) is 12.5 Å². The summed E-state index contributed by atoms with van der Waals surface area (Å²) in [6.45, 7) is 2.20. The number of fused-ring (bicyclic) bond motifs is 3. The average molecular weight is 317 g/mol. The van der Waals surface area contributed by atoms with Crippen molar-refractivity contribution in [1.29, 1.82) is 0 Å². The molecule has 1 aliphatic carbocycles. The van der Waals surface area contributed by atoms with E-state index in [2.05, 4.69) is 72.5 Å². The molecule has 24 heavy (non-hydrogen) atoms. The minimum absolute atomic E-state index is 0.234. The Morgan fingerprint density at radius 1 is 1.04 bits per heavy atom. The molecule has 2 aliphatic rings. The Labute approximate surface area is 143 Å². The Morgan fingerprint density at radius 2 is 1.75 bits per heavy atom. The first-order valence-corrected chi connectivity index (χ1v) is 8.28. The fourth-order valence-electron chi connectivity index (χ4n) is 3.86. The van der Waals surface area contributed by atoms with Gasteiger partial charge in [-0.15, -0.1) is 0 Å². The van der Waals surface area contributed by atoms with E-state index in [1.165, 1.54) is 29.6 Å². The third kappa shape index (κ3) is 2.30. The van der Waals surface area contributed by atoms with Crippen LogP contribution < -0.4 is 4.90 Å². The highest BCUT2D eigenvalue weighted by atomic mass is 16.5. The lowest BCUT2D eigenvalue weighted by molar-refractivity contribution is 0.337. The topological polar surface area (TPSA) is 32.7 Å². The van der Waals surface area contributed by atoms with E-state index in [0.29, 0.717) is 0 Å². The van der Waals surface area contributed by atoms with Crippen molar-refractivity contribution in [3.05, 3.63) is 77.8 Å². The Morgan fingerprint density at radius 3 is 2.50 bits per heavy atom. The SMILES string of the molecule is COB(O)C1=CC(C)C2C(=C1)c1ccccc1N2c1ccccc1. The van der Waals surface area contributed by atoms with E-state index in [0.717, 1.165) is 5.47 Å². The predicted octanol–water partition coefficient (Wildman–Crippen LogP) is 3.83. The largest absolute Gasteiger partial charge is 0.490 e. The molecule has 1 N–H and O–H groups in total. The molecule has 1 aliphatic heterocycles. The fourth-order valence-corrected chi connectivity index (χ4v) is 3.86. The number of benzene rings is 2. The molecular weight excluding hydrogens is 297 g/mol. The zero-order valence-electron chi connectivity index (χ0n) is 13.9. The first-order chi connectivity index (χ1) is 11.7. The van der Waals surface area contributed by atoms with Crippen LogP contribution in [0.3, 0.4) is 0 Å². The van der Waals surface area contributed by atoms with Gasteiger partial charge in [-0.05, 0) is 35.2 Å². The van der Waals surface area contributed by atoms with E-state index < -0.39 is 7.12 Å². The van der Waals surface area contributed by atoms with Gasteiger partial charge < -0.3 is 14.6 Å². The van der Waals surface area contributed by atoms with E-state index in [1.54, 1.807) is 0 Å². The third-order valence-corrected chi connectivity index (χ3v) is 4.89. The van der Waals surface area contributed by atoms with Crippen LogP contribution >= 0.6 is 0 Å². The monoisotopic (exact) mass is 317 g/mol. The summed E-state index contributed by atoms with van der Waals surface area (Å²) in [6.07, 6.45) is 4.20. The Kier molecular flexibility index (Phi) is 3.79. The van der Waals surface area contributed by atoms with E-state index in [9.17, 15) is 5.02 Å². The van der Waals surface area contributed by atoms with Crippen LogP contribution in [0.2, 0.25) is 0 Å². The van der Waals surface area contributed by atoms with Crippen molar-refractivity contribution in [1.82, 2.24) is 0 Å². The molecule has 3 nitrogen and oxygen atoms in total. The second-order valence-electron chi connectivity index (χ2n) is 6.38. The number of rotatable bonds is 3. The zero-order chi connectivity index (χ0) is 16.7. The van der Waals surface area contributed by atoms with Crippen molar-refractivity contribution < 1.29 is 9.68 Å². The predicted molar refractivity (Wildman–Crippen MR) is 99.0 cm³/mol. The summed E-state index contributed by atoms with van der Waals surface area (Å²) in [5, 5.41) is 10.1. The second-order valence-corrected chi connectivity index (χ2v) is 6.38. The molecule has 4 rings (SSSR count). The molecule has 2 unspecified atom stereocenters. The molecular formula is C20H20BNO2. The summed E-state index contributed by atoms with van der Waals surface area (Å²) >= 11 is 0. The molecule has 0 fully saturated rings. The van der Waals surface area contributed by atoms with Crippen molar-refractivity contribution in [2.75, 3.05) is 12.0 Å². The summed E-state index contributed by atoms with van der Waals surface area (Å²) in [6, 6.07) is 19.2. The van der Waals surface area contributed by atoms with Gasteiger partial charge in [-0.1, -0.05) is 55.5 Å². The maximum atomic E-state index is 10.1. The molecule has 0 saturated carbocycles. The molecule has 0 aromatic heterocycles. The quantitative estimate of drug-likeness (QED) is 0.873. The molecule has 2 atom stereocenters. The van der Waals surface area contributed by atoms with Crippen molar-refractivity contribution in [3.63, 3.8) is 0 Å². The van der Waals surface area contributed by atoms with Crippen LogP contribution in [0.4, 0.5) is 11.4 Å². The maximum absolute atomic E-state index is 10.1. The van der Waals surface area contributed by atoms with Gasteiger partial charge in [0.1, 0.15) is 0 Å². The first-order valence-electron chi connectivity index (χ1n) is 8.28. The minimum Gasteiger partial charge on any atom is -0.423 e. The molecule has 1 heterocycles. The van der Waals surface area contributed by atoms with Crippen molar-refractivity contribution in [3.8, 4) is 0 Å². The lowest BCUT2D eigenvalue weighted by Gasteiger charge is -2.34. The lowest BCUT2D eigenvalue weighted by atomic mass is 9.71. The Hall–Kier alpha value is -2.30. The molecule has 0 spiro atoms. The number of anilines is 2. The fraction of sp³-hybridized carbons (Fsp3) is 0.200. The lowest BCUT2D eigenvalue weighted by Crippen LogP contribution is -2.35. The van der Waals surface area contributed by atoms with Crippen LogP contribution in [-0.4, -0.2) is 25.3 Å². The van der Waals surface area contributed by atoms with Crippen LogP contribution in [0.25, 0.3) is 5.57 Å². The van der Waals surface area contributed by atoms with Gasteiger partial charge in [0.05, 0.1) is 6.04 Å². The number of allylic oxidation sites excluding steroid dienone is 2. The summed E-state index contributed by atoms with van der Waals surface area (Å²) in [4.78, 5) is 2.40. The maximum Gasteiger partial charge on any atom is 0.490 e. The van der Waals surface area contributed by atoms with Gasteiger partial charge in [-0.2, -0.15) is 0 Å². The summed E-state index contributed by atoms with van der Waals surface area (Å²) in [7, 11) is 0.651. The van der Waals surface area contributed by atoms with E-state index in [4.69, 9.17) is 4.65 Å². The molecule has 0 bridgehead atoms. The van der Waals surface area contributed by atoms with Gasteiger partial charge in [0.15, 0.2) is 0 Å². The van der Waals surface area contributed by atoms with Gasteiger partial charge in [0.2, 0.25) is 0 Å². The number of hydrogen-bond acceptors (Lipinski definition) is 3. The van der Waals surface area contributed by atoms with Crippen molar-refractivity contribution >= 4 is 24.1 Å². The van der Waals surface area contributed by atoms with Gasteiger partial charge in [0.25, 0.3) is 0 Å². The van der Waals surface area contributed by atoms with Crippen LogP contribution in [0.5, 0.6) is 0 Å². The molecule has 0 amide bonds. The smallest absolute Gasteiger partial charge is 0.423 e. The Balaban J connectivity index is 1.87. The highest BCUT2D eigenvalue weighted by molar-refractivity contribution is 6.53. The van der Waals surface area contributed by atoms with Crippen molar-refractivity contribution in [2.24, 2.45) is 5.92 Å². The van der Waals surface area contributed by atoms with E-state index in [1.807, 2.05) is 6.07 Å². The highest BCUT2D eigenvalue weighted by Gasteiger charge is 2.40. The summed E-state index contributed by atoms with van der Waals surface area (Å²) < 4.78 is 5.11. The summed E-state index contributed by atoms with van der Waals surface area (Å²) in [5.41, 5.74) is 5.71. The molecule has 120 valence electrons. The number of nitrogens with zero attached hydrogens (tertiary/aromatic N) is 1. The summed E-state index contributed by atoms with van der Waals surface area (Å²) in [5.74, 6) is 0.261. The number of hydrogen-bond donors (Lipinski definition) is 1. The van der Waals surface area contributed by atoms with Gasteiger partial charge in [-0.25, -0.2) is 0 Å². The molecule has 4 heteroatoms. The zero-order valence-corrected chi connectivity index (χ0v) is 13.9. The van der Waals surface area contributed by atoms with Crippen LogP contribution in [0.15, 0.2) is 72.2 Å². The first kappa shape index (κ1) is 15.2. The van der Waals surface area contributed by atoms with Crippen LogP contribution in [0, 0.1) is 5.92 Å². The van der Waals surface area contributed by atoms with E-state index >= 15 is 0 Å². The molecule has 0 radical (unpaired) electrons. The van der Waals surface area contributed by atoms with Gasteiger partial charge >= 0.3 is 7.12 Å². The number of para-hydroxylation sites is 2. The highest BCUT2D eigenvalue weighted by Crippen LogP contribution is 2.49. The van der Waals surface area contributed by atoms with Gasteiger partial charge in [0, 0.05) is 24.0 Å². The van der Waals surface area contributed by atoms with Crippen molar-refractivity contribution in [2.45, 2.75) is 13.0 Å². The standard InChI is InChI=1S/C20H20BNO2/c1-14-12-15(21(23)24-2)13-18-17-10-6-7-11-19(17)22(20(14)18)16-8-4-3-5-9-16/h3-14,20,23H,1-2H3. The van der Waals surface area contributed by atoms with Crippen LogP contribution in [-0.2, 0) is 4.65 Å². The molecule has 2 aromatic rings. The minimum atomic E-state index is -0.876. The molecule has 2 aromatic carbocycles. The normalized spacial score (nSPS) is 21.7. The molecule has 0 saturated heterocycles.